The van der Waals surface area contributed by atoms with Gasteiger partial charge in [0.2, 0.25) is 0 Å². The number of methoxy groups -OCH3 is 1. The molecule has 4 nitrogen and oxygen atoms in total. The minimum atomic E-state index is 0.600. The summed E-state index contributed by atoms with van der Waals surface area (Å²) in [5, 5.41) is 7.11. The highest BCUT2D eigenvalue weighted by molar-refractivity contribution is 5.07. The molecule has 0 aromatic carbocycles. The van der Waals surface area contributed by atoms with Crippen LogP contribution in [0.2, 0.25) is 0 Å². The summed E-state index contributed by atoms with van der Waals surface area (Å²) in [5.41, 5.74) is 2.10. The van der Waals surface area contributed by atoms with Crippen molar-refractivity contribution in [1.82, 2.24) is 15.1 Å². The van der Waals surface area contributed by atoms with Crippen molar-refractivity contribution in [3.63, 3.8) is 0 Å². The van der Waals surface area contributed by atoms with Crippen molar-refractivity contribution in [2.75, 3.05) is 20.7 Å². The lowest BCUT2D eigenvalue weighted by molar-refractivity contribution is 0.181. The van der Waals surface area contributed by atoms with Gasteiger partial charge in [0, 0.05) is 13.7 Å². The lowest BCUT2D eigenvalue weighted by Crippen LogP contribution is -2.16. The number of nitrogens with one attached hydrogen (secondary N) is 1. The topological polar surface area (TPSA) is 41.1 Å². The molecule has 0 atom stereocenters. The zero-order valence-electron chi connectivity index (χ0n) is 8.50. The van der Waals surface area contributed by atoms with E-state index in [0.717, 1.165) is 24.5 Å². The van der Waals surface area contributed by atoms with Gasteiger partial charge < -0.3 is 9.64 Å². The van der Waals surface area contributed by atoms with E-state index in [4.69, 9.17) is 4.74 Å². The van der Waals surface area contributed by atoms with Crippen LogP contribution in [0.3, 0.4) is 0 Å². The summed E-state index contributed by atoms with van der Waals surface area (Å²) in [5.74, 6) is 0. The molecule has 74 valence electrons. The fraction of sp³-hybridized carbons (Fsp3) is 0.667. The summed E-state index contributed by atoms with van der Waals surface area (Å²) < 4.78 is 4.99. The lowest BCUT2D eigenvalue weighted by Gasteiger charge is -2.10. The Bertz CT molecular complexity index is 247. The Kier molecular flexibility index (Phi) is 3.92. The minimum absolute atomic E-state index is 0.600. The van der Waals surface area contributed by atoms with E-state index >= 15 is 0 Å². The van der Waals surface area contributed by atoms with Gasteiger partial charge in [-0.05, 0) is 19.7 Å². The van der Waals surface area contributed by atoms with Crippen molar-refractivity contribution < 1.29 is 4.74 Å². The first-order valence-corrected chi connectivity index (χ1v) is 4.47. The van der Waals surface area contributed by atoms with Crippen LogP contribution < -0.4 is 0 Å². The molecule has 0 unspecified atom stereocenters. The highest BCUT2D eigenvalue weighted by Crippen LogP contribution is 2.03. The molecule has 0 aliphatic carbocycles. The first-order chi connectivity index (χ1) is 6.26. The molecule has 0 amide bonds. The Morgan fingerprint density at radius 2 is 2.38 bits per heavy atom. The zero-order chi connectivity index (χ0) is 9.68. The monoisotopic (exact) mass is 183 g/mol. The maximum absolute atomic E-state index is 4.99. The van der Waals surface area contributed by atoms with Crippen molar-refractivity contribution in [2.45, 2.75) is 20.1 Å². The minimum Gasteiger partial charge on any atom is -0.378 e. The third-order valence-electron chi connectivity index (χ3n) is 1.96. The predicted molar refractivity (Wildman–Crippen MR) is 51.3 cm³/mol. The fourth-order valence-electron chi connectivity index (χ4n) is 1.11. The molecule has 0 bridgehead atoms. The van der Waals surface area contributed by atoms with Gasteiger partial charge in [0.1, 0.15) is 0 Å². The Morgan fingerprint density at radius 3 is 3.00 bits per heavy atom. The van der Waals surface area contributed by atoms with E-state index in [-0.39, 0.29) is 0 Å². The van der Waals surface area contributed by atoms with Crippen LogP contribution >= 0.6 is 0 Å². The molecule has 0 spiro atoms. The summed E-state index contributed by atoms with van der Waals surface area (Å²) in [6.45, 7) is 4.65. The molecule has 0 saturated carbocycles. The van der Waals surface area contributed by atoms with Crippen LogP contribution in [0.25, 0.3) is 0 Å². The maximum atomic E-state index is 4.99. The third-order valence-corrected chi connectivity index (χ3v) is 1.96. The van der Waals surface area contributed by atoms with Crippen LogP contribution in [0.4, 0.5) is 0 Å². The quantitative estimate of drug-likeness (QED) is 0.740. The summed E-state index contributed by atoms with van der Waals surface area (Å²) in [6.07, 6.45) is 0. The van der Waals surface area contributed by atoms with E-state index in [0.29, 0.717) is 6.61 Å². The normalized spacial score (nSPS) is 11.1. The number of hydrogen-bond acceptors (Lipinski definition) is 3. The summed E-state index contributed by atoms with van der Waals surface area (Å²) in [4.78, 5) is 2.20. The highest BCUT2D eigenvalue weighted by Gasteiger charge is 2.02. The summed E-state index contributed by atoms with van der Waals surface area (Å²) in [6, 6.07) is 2.04. The second-order valence-electron chi connectivity index (χ2n) is 3.15. The molecule has 0 radical (unpaired) electrons. The van der Waals surface area contributed by atoms with E-state index in [1.165, 1.54) is 0 Å². The lowest BCUT2D eigenvalue weighted by atomic mass is 10.3. The van der Waals surface area contributed by atoms with Crippen LogP contribution in [0.15, 0.2) is 6.07 Å². The molecule has 1 aromatic heterocycles. The number of aromatic amines is 1. The van der Waals surface area contributed by atoms with Crippen LogP contribution in [-0.2, 0) is 17.9 Å². The number of ether oxygens (including phenoxy) is 1. The molecule has 1 aromatic rings. The van der Waals surface area contributed by atoms with Crippen LogP contribution in [-0.4, -0.2) is 35.8 Å². The number of rotatable bonds is 5. The van der Waals surface area contributed by atoms with Crippen molar-refractivity contribution >= 4 is 0 Å². The Hall–Kier alpha value is -0.870. The second kappa shape index (κ2) is 4.99. The first kappa shape index (κ1) is 10.2. The summed E-state index contributed by atoms with van der Waals surface area (Å²) in [7, 11) is 3.75. The van der Waals surface area contributed by atoms with Gasteiger partial charge in [0.15, 0.2) is 0 Å². The molecule has 0 saturated heterocycles. The number of hydrogen-bond donors (Lipinski definition) is 1. The van der Waals surface area contributed by atoms with Crippen molar-refractivity contribution in [2.24, 2.45) is 0 Å². The predicted octanol–water partition coefficient (Wildman–Crippen LogP) is 1.01. The molecule has 0 aliphatic heterocycles. The maximum Gasteiger partial charge on any atom is 0.0878 e. The molecule has 1 heterocycles. The van der Waals surface area contributed by atoms with Gasteiger partial charge in [-0.3, -0.25) is 5.10 Å². The van der Waals surface area contributed by atoms with Gasteiger partial charge in [-0.15, -0.1) is 0 Å². The van der Waals surface area contributed by atoms with Crippen LogP contribution in [0, 0.1) is 0 Å². The largest absolute Gasteiger partial charge is 0.378 e. The molecule has 4 heteroatoms. The first-order valence-electron chi connectivity index (χ1n) is 4.47. The van der Waals surface area contributed by atoms with E-state index < -0.39 is 0 Å². The average molecular weight is 183 g/mol. The Labute approximate surface area is 78.9 Å². The smallest absolute Gasteiger partial charge is 0.0878 e. The van der Waals surface area contributed by atoms with E-state index in [2.05, 4.69) is 29.1 Å². The standard InChI is InChI=1S/C9H17N3O/c1-4-12(2)6-8-5-9(7-13-3)11-10-8/h5H,4,6-7H2,1-3H3,(H,10,11). The van der Waals surface area contributed by atoms with Gasteiger partial charge in [-0.25, -0.2) is 0 Å². The van der Waals surface area contributed by atoms with Crippen molar-refractivity contribution in [3.05, 3.63) is 17.5 Å². The van der Waals surface area contributed by atoms with E-state index in [1.807, 2.05) is 6.07 Å². The van der Waals surface area contributed by atoms with Crippen LogP contribution in [0.1, 0.15) is 18.3 Å². The van der Waals surface area contributed by atoms with Gasteiger partial charge in [0.05, 0.1) is 18.0 Å². The molecular weight excluding hydrogens is 166 g/mol. The van der Waals surface area contributed by atoms with Crippen molar-refractivity contribution in [1.29, 1.82) is 0 Å². The molecule has 13 heavy (non-hydrogen) atoms. The zero-order valence-corrected chi connectivity index (χ0v) is 8.50. The number of aromatic nitrogens is 2. The van der Waals surface area contributed by atoms with E-state index in [1.54, 1.807) is 7.11 Å². The fourth-order valence-corrected chi connectivity index (χ4v) is 1.11. The third kappa shape index (κ3) is 3.16. The Balaban J connectivity index is 2.48. The molecule has 1 rings (SSSR count). The van der Waals surface area contributed by atoms with Crippen LogP contribution in [0.5, 0.6) is 0 Å². The SMILES string of the molecule is CCN(C)Cc1cc(COC)[nH]n1. The van der Waals surface area contributed by atoms with Crippen molar-refractivity contribution in [3.8, 4) is 0 Å². The molecule has 1 N–H and O–H groups in total. The number of nitrogens with zero attached hydrogens (tertiary/aromatic N) is 2. The second-order valence-corrected chi connectivity index (χ2v) is 3.15. The van der Waals surface area contributed by atoms with Gasteiger partial charge >= 0.3 is 0 Å². The van der Waals surface area contributed by atoms with E-state index in [9.17, 15) is 0 Å². The summed E-state index contributed by atoms with van der Waals surface area (Å²) >= 11 is 0. The molecule has 0 aliphatic rings. The highest BCUT2D eigenvalue weighted by atomic mass is 16.5. The average Bonchev–Trinajstić information content (AvgIpc) is 2.53. The molecule has 0 fully saturated rings. The Morgan fingerprint density at radius 1 is 1.62 bits per heavy atom. The van der Waals surface area contributed by atoms with Gasteiger partial charge in [-0.1, -0.05) is 6.92 Å². The number of H-pyrrole nitrogens is 1. The van der Waals surface area contributed by atoms with Gasteiger partial charge in [0.25, 0.3) is 0 Å². The molecular formula is C9H17N3O. The van der Waals surface area contributed by atoms with Gasteiger partial charge in [-0.2, -0.15) is 5.10 Å².